The number of hydrogen-bond donors (Lipinski definition) is 0. The minimum atomic E-state index is -0.268. The lowest BCUT2D eigenvalue weighted by atomic mass is 10.2. The molecule has 5 heteroatoms. The van der Waals surface area contributed by atoms with Crippen LogP contribution in [0.15, 0.2) is 52.9 Å². The monoisotopic (exact) mass is 329 g/mol. The van der Waals surface area contributed by atoms with E-state index in [2.05, 4.69) is 0 Å². The van der Waals surface area contributed by atoms with Crippen LogP contribution in [0.2, 0.25) is 0 Å². The molecule has 0 radical (unpaired) electrons. The predicted octanol–water partition coefficient (Wildman–Crippen LogP) is 4.73. The van der Waals surface area contributed by atoms with Crippen molar-refractivity contribution in [3.05, 3.63) is 70.7 Å². The summed E-state index contributed by atoms with van der Waals surface area (Å²) < 4.78 is 18.5. The third kappa shape index (κ3) is 3.51. The first-order chi connectivity index (χ1) is 11.0. The molecule has 0 saturated carbocycles. The molecule has 0 bridgehead atoms. The van der Waals surface area contributed by atoms with Crippen LogP contribution in [0.5, 0.6) is 0 Å². The second-order valence-corrected chi connectivity index (χ2v) is 6.43. The van der Waals surface area contributed by atoms with E-state index in [0.717, 1.165) is 22.0 Å². The Hall–Kier alpha value is -2.40. The number of hydrogen-bond acceptors (Lipinski definition) is 3. The number of aryl methyl sites for hydroxylation is 1. The molecule has 118 valence electrons. The van der Waals surface area contributed by atoms with Crippen molar-refractivity contribution in [3.8, 4) is 10.4 Å². The summed E-state index contributed by atoms with van der Waals surface area (Å²) in [5.41, 5.74) is 0.903. The molecule has 3 rings (SSSR count). The lowest BCUT2D eigenvalue weighted by molar-refractivity contribution is 0.0780. The highest BCUT2D eigenvalue weighted by molar-refractivity contribution is 7.17. The highest BCUT2D eigenvalue weighted by atomic mass is 32.1. The van der Waals surface area contributed by atoms with Gasteiger partial charge in [-0.1, -0.05) is 12.1 Å². The number of thiophene rings is 1. The molecule has 0 aliphatic carbocycles. The van der Waals surface area contributed by atoms with E-state index in [0.29, 0.717) is 11.4 Å². The van der Waals surface area contributed by atoms with E-state index in [1.54, 1.807) is 30.1 Å². The first-order valence-electron chi connectivity index (χ1n) is 7.19. The highest BCUT2D eigenvalue weighted by Gasteiger charge is 2.16. The summed E-state index contributed by atoms with van der Waals surface area (Å²) >= 11 is 1.40. The van der Waals surface area contributed by atoms with Gasteiger partial charge in [0.1, 0.15) is 17.3 Å². The zero-order valence-electron chi connectivity index (χ0n) is 12.9. The first-order valence-corrected chi connectivity index (χ1v) is 8.01. The lowest BCUT2D eigenvalue weighted by Crippen LogP contribution is -2.25. The molecule has 1 amide bonds. The third-order valence-electron chi connectivity index (χ3n) is 3.48. The summed E-state index contributed by atoms with van der Waals surface area (Å²) in [6.45, 7) is 2.30. The fourth-order valence-electron chi connectivity index (χ4n) is 2.29. The van der Waals surface area contributed by atoms with Crippen molar-refractivity contribution in [2.45, 2.75) is 13.5 Å². The Kier molecular flexibility index (Phi) is 4.30. The van der Waals surface area contributed by atoms with Gasteiger partial charge in [-0.2, -0.15) is 0 Å². The maximum atomic E-state index is 13.0. The largest absolute Gasteiger partial charge is 0.464 e. The predicted molar refractivity (Wildman–Crippen MR) is 89.0 cm³/mol. The van der Waals surface area contributed by atoms with Gasteiger partial charge in [0.15, 0.2) is 0 Å². The molecule has 0 aliphatic rings. The maximum Gasteiger partial charge on any atom is 0.264 e. The molecule has 3 nitrogen and oxygen atoms in total. The van der Waals surface area contributed by atoms with E-state index in [4.69, 9.17) is 4.42 Å². The van der Waals surface area contributed by atoms with Crippen molar-refractivity contribution in [1.29, 1.82) is 0 Å². The number of nitrogens with zero attached hydrogens (tertiary/aromatic N) is 1. The summed E-state index contributed by atoms with van der Waals surface area (Å²) in [5, 5.41) is 0. The standard InChI is InChI=1S/C18H16FNO2S/c1-12-3-8-15(22-12)11-20(2)18(21)17-10-9-16(23-17)13-4-6-14(19)7-5-13/h3-10H,11H2,1-2H3. The van der Waals surface area contributed by atoms with E-state index < -0.39 is 0 Å². The van der Waals surface area contributed by atoms with Crippen molar-refractivity contribution in [1.82, 2.24) is 4.90 Å². The van der Waals surface area contributed by atoms with E-state index in [1.807, 2.05) is 25.1 Å². The molecule has 0 spiro atoms. The zero-order valence-corrected chi connectivity index (χ0v) is 13.7. The van der Waals surface area contributed by atoms with Crippen LogP contribution in [0.4, 0.5) is 4.39 Å². The summed E-state index contributed by atoms with van der Waals surface area (Å²) in [7, 11) is 1.75. The van der Waals surface area contributed by atoms with E-state index in [-0.39, 0.29) is 11.7 Å². The van der Waals surface area contributed by atoms with Crippen molar-refractivity contribution in [2.75, 3.05) is 7.05 Å². The SMILES string of the molecule is Cc1ccc(CN(C)C(=O)c2ccc(-c3ccc(F)cc3)s2)o1. The Morgan fingerprint density at radius 3 is 2.52 bits per heavy atom. The van der Waals surface area contributed by atoms with Crippen molar-refractivity contribution in [3.63, 3.8) is 0 Å². The molecule has 23 heavy (non-hydrogen) atoms. The Bertz CT molecular complexity index is 820. The summed E-state index contributed by atoms with van der Waals surface area (Å²) in [4.78, 5) is 15.7. The topological polar surface area (TPSA) is 33.5 Å². The van der Waals surface area contributed by atoms with Gasteiger partial charge >= 0.3 is 0 Å². The summed E-state index contributed by atoms with van der Waals surface area (Å²) in [6.07, 6.45) is 0. The molecule has 0 aliphatic heterocycles. The van der Waals surface area contributed by atoms with E-state index in [1.165, 1.54) is 23.5 Å². The maximum absolute atomic E-state index is 13.0. The van der Waals surface area contributed by atoms with Crippen molar-refractivity contribution in [2.24, 2.45) is 0 Å². The van der Waals surface area contributed by atoms with Gasteiger partial charge in [0.2, 0.25) is 0 Å². The van der Waals surface area contributed by atoms with Crippen LogP contribution in [-0.2, 0) is 6.54 Å². The van der Waals surface area contributed by atoms with Gasteiger partial charge in [0.25, 0.3) is 5.91 Å². The van der Waals surface area contributed by atoms with Crippen molar-refractivity contribution < 1.29 is 13.6 Å². The molecule has 0 unspecified atom stereocenters. The molecule has 1 aromatic carbocycles. The molecule has 0 atom stereocenters. The van der Waals surface area contributed by atoms with Gasteiger partial charge in [-0.25, -0.2) is 4.39 Å². The highest BCUT2D eigenvalue weighted by Crippen LogP contribution is 2.29. The second kappa shape index (κ2) is 6.38. The number of furan rings is 1. The number of carbonyl (C=O) groups is 1. The lowest BCUT2D eigenvalue weighted by Gasteiger charge is -2.14. The minimum absolute atomic E-state index is 0.0579. The molecule has 0 fully saturated rings. The van der Waals surface area contributed by atoms with Crippen LogP contribution >= 0.6 is 11.3 Å². The molecule has 2 aromatic heterocycles. The van der Waals surface area contributed by atoms with E-state index in [9.17, 15) is 9.18 Å². The fraction of sp³-hybridized carbons (Fsp3) is 0.167. The van der Waals surface area contributed by atoms with E-state index >= 15 is 0 Å². The molecule has 0 saturated heterocycles. The Labute approximate surface area is 138 Å². The second-order valence-electron chi connectivity index (χ2n) is 5.34. The third-order valence-corrected chi connectivity index (χ3v) is 4.60. The van der Waals surface area contributed by atoms with Crippen LogP contribution in [0.25, 0.3) is 10.4 Å². The average Bonchev–Trinajstić information content (AvgIpc) is 3.16. The first kappa shape index (κ1) is 15.5. The molecular weight excluding hydrogens is 313 g/mol. The average molecular weight is 329 g/mol. The fourth-order valence-corrected chi connectivity index (χ4v) is 3.29. The van der Waals surface area contributed by atoms with Crippen LogP contribution in [0, 0.1) is 12.7 Å². The number of benzene rings is 1. The van der Waals surface area contributed by atoms with Crippen LogP contribution in [-0.4, -0.2) is 17.9 Å². The van der Waals surface area contributed by atoms with Gasteiger partial charge in [-0.15, -0.1) is 11.3 Å². The summed E-state index contributed by atoms with van der Waals surface area (Å²) in [6, 6.07) is 13.7. The Morgan fingerprint density at radius 2 is 1.87 bits per heavy atom. The number of rotatable bonds is 4. The van der Waals surface area contributed by atoms with Gasteiger partial charge < -0.3 is 9.32 Å². The molecule has 2 heterocycles. The van der Waals surface area contributed by atoms with Gasteiger partial charge in [-0.3, -0.25) is 4.79 Å². The Morgan fingerprint density at radius 1 is 1.13 bits per heavy atom. The van der Waals surface area contributed by atoms with Gasteiger partial charge in [-0.05, 0) is 48.9 Å². The number of amides is 1. The number of halogens is 1. The smallest absolute Gasteiger partial charge is 0.264 e. The molecule has 3 aromatic rings. The van der Waals surface area contributed by atoms with Crippen LogP contribution in [0.3, 0.4) is 0 Å². The minimum Gasteiger partial charge on any atom is -0.464 e. The van der Waals surface area contributed by atoms with Crippen LogP contribution in [0.1, 0.15) is 21.2 Å². The summed E-state index contributed by atoms with van der Waals surface area (Å²) in [5.74, 6) is 1.26. The quantitative estimate of drug-likeness (QED) is 0.693. The van der Waals surface area contributed by atoms with Crippen LogP contribution < -0.4 is 0 Å². The van der Waals surface area contributed by atoms with Gasteiger partial charge in [0.05, 0.1) is 11.4 Å². The zero-order chi connectivity index (χ0) is 16.4. The normalized spacial score (nSPS) is 10.7. The van der Waals surface area contributed by atoms with Gasteiger partial charge in [0, 0.05) is 11.9 Å². The molecular formula is C18H16FNO2S. The molecule has 0 N–H and O–H groups in total. The number of carbonyl (C=O) groups excluding carboxylic acids is 1. The van der Waals surface area contributed by atoms with Crippen molar-refractivity contribution >= 4 is 17.2 Å². The Balaban J connectivity index is 1.74.